The molecule has 18 heavy (non-hydrogen) atoms. The molecule has 0 bridgehead atoms. The summed E-state index contributed by atoms with van der Waals surface area (Å²) in [6.45, 7) is 5.30. The minimum atomic E-state index is 0.418. The van der Waals surface area contributed by atoms with Gasteiger partial charge in [0.15, 0.2) is 0 Å². The first-order valence-electron chi connectivity index (χ1n) is 6.76. The number of ether oxygens (including phenoxy) is 1. The van der Waals surface area contributed by atoms with Crippen LogP contribution in [-0.2, 0) is 11.2 Å². The Morgan fingerprint density at radius 1 is 1.33 bits per heavy atom. The molecule has 2 aliphatic heterocycles. The van der Waals surface area contributed by atoms with Crippen LogP contribution in [0.4, 0.5) is 0 Å². The standard InChI is InChI=1S/C14H21N3O/c1-16-8-9-18-14-11-17(10-13(14)16)7-4-12-2-5-15-6-3-12/h2-3,5-6,13-14H,4,7-11H2,1H3/t13-,14-/m1/s1. The lowest BCUT2D eigenvalue weighted by Crippen LogP contribution is -2.48. The highest BCUT2D eigenvalue weighted by atomic mass is 16.5. The van der Waals surface area contributed by atoms with Gasteiger partial charge in [0.05, 0.1) is 12.7 Å². The molecule has 2 aliphatic rings. The average Bonchev–Trinajstić information content (AvgIpc) is 2.82. The van der Waals surface area contributed by atoms with Gasteiger partial charge in [-0.15, -0.1) is 0 Å². The maximum Gasteiger partial charge on any atom is 0.0869 e. The Labute approximate surface area is 109 Å². The van der Waals surface area contributed by atoms with E-state index in [2.05, 4.69) is 34.0 Å². The largest absolute Gasteiger partial charge is 0.374 e. The minimum absolute atomic E-state index is 0.418. The van der Waals surface area contributed by atoms with E-state index in [1.165, 1.54) is 5.56 Å². The number of fused-ring (bicyclic) bond motifs is 1. The molecule has 98 valence electrons. The molecule has 0 aliphatic carbocycles. The highest BCUT2D eigenvalue weighted by Crippen LogP contribution is 2.21. The molecule has 0 amide bonds. The second-order valence-corrected chi connectivity index (χ2v) is 5.32. The maximum atomic E-state index is 5.86. The van der Waals surface area contributed by atoms with Gasteiger partial charge in [0, 0.05) is 44.6 Å². The molecule has 1 aromatic heterocycles. The van der Waals surface area contributed by atoms with E-state index < -0.39 is 0 Å². The summed E-state index contributed by atoms with van der Waals surface area (Å²) in [5, 5.41) is 0. The zero-order valence-electron chi connectivity index (χ0n) is 11.0. The van der Waals surface area contributed by atoms with E-state index in [1.807, 2.05) is 12.4 Å². The monoisotopic (exact) mass is 247 g/mol. The van der Waals surface area contributed by atoms with Crippen molar-refractivity contribution >= 4 is 0 Å². The minimum Gasteiger partial charge on any atom is -0.374 e. The van der Waals surface area contributed by atoms with Gasteiger partial charge in [0.2, 0.25) is 0 Å². The van der Waals surface area contributed by atoms with E-state index >= 15 is 0 Å². The molecule has 2 fully saturated rings. The van der Waals surface area contributed by atoms with Crippen LogP contribution in [0.1, 0.15) is 5.56 Å². The maximum absolute atomic E-state index is 5.86. The molecule has 3 rings (SSSR count). The molecule has 2 atom stereocenters. The second-order valence-electron chi connectivity index (χ2n) is 5.32. The summed E-state index contributed by atoms with van der Waals surface area (Å²) in [4.78, 5) is 9.02. The lowest BCUT2D eigenvalue weighted by Gasteiger charge is -2.33. The van der Waals surface area contributed by atoms with Crippen LogP contribution in [0, 0.1) is 0 Å². The van der Waals surface area contributed by atoms with Crippen LogP contribution >= 0.6 is 0 Å². The molecule has 4 nitrogen and oxygen atoms in total. The lowest BCUT2D eigenvalue weighted by atomic mass is 10.1. The van der Waals surface area contributed by atoms with E-state index in [-0.39, 0.29) is 0 Å². The van der Waals surface area contributed by atoms with Crippen LogP contribution in [0.2, 0.25) is 0 Å². The number of likely N-dealkylation sites (tertiary alicyclic amines) is 1. The van der Waals surface area contributed by atoms with Gasteiger partial charge in [0.1, 0.15) is 0 Å². The van der Waals surface area contributed by atoms with E-state index in [4.69, 9.17) is 4.74 Å². The third kappa shape index (κ3) is 2.55. The van der Waals surface area contributed by atoms with Crippen LogP contribution in [0.3, 0.4) is 0 Å². The summed E-state index contributed by atoms with van der Waals surface area (Å²) < 4.78 is 5.86. The first-order chi connectivity index (χ1) is 8.83. The van der Waals surface area contributed by atoms with E-state index in [1.54, 1.807) is 0 Å². The SMILES string of the molecule is CN1CCO[C@@H]2CN(CCc3ccncc3)C[C@H]21. The number of rotatable bonds is 3. The number of nitrogens with zero attached hydrogens (tertiary/aromatic N) is 3. The highest BCUT2D eigenvalue weighted by Gasteiger charge is 2.38. The van der Waals surface area contributed by atoms with Gasteiger partial charge in [-0.3, -0.25) is 14.8 Å². The van der Waals surface area contributed by atoms with Gasteiger partial charge in [-0.25, -0.2) is 0 Å². The van der Waals surface area contributed by atoms with Gasteiger partial charge in [-0.05, 0) is 31.2 Å². The number of hydrogen-bond donors (Lipinski definition) is 0. The smallest absolute Gasteiger partial charge is 0.0869 e. The van der Waals surface area contributed by atoms with Crippen molar-refractivity contribution in [3.8, 4) is 0 Å². The van der Waals surface area contributed by atoms with Crippen molar-refractivity contribution in [2.75, 3.05) is 39.8 Å². The van der Waals surface area contributed by atoms with Crippen molar-refractivity contribution < 1.29 is 4.74 Å². The molecule has 1 aromatic rings. The Balaban J connectivity index is 1.53. The number of pyridine rings is 1. The van der Waals surface area contributed by atoms with E-state index in [0.29, 0.717) is 12.1 Å². The fourth-order valence-corrected chi connectivity index (χ4v) is 2.95. The first-order valence-corrected chi connectivity index (χ1v) is 6.76. The predicted octanol–water partition coefficient (Wildman–Crippen LogP) is 0.639. The Hall–Kier alpha value is -0.970. The van der Waals surface area contributed by atoms with Crippen molar-refractivity contribution in [1.29, 1.82) is 0 Å². The van der Waals surface area contributed by atoms with Gasteiger partial charge < -0.3 is 4.74 Å². The van der Waals surface area contributed by atoms with Gasteiger partial charge in [-0.2, -0.15) is 0 Å². The molecule has 0 spiro atoms. The number of morpholine rings is 1. The third-order valence-corrected chi connectivity index (χ3v) is 4.12. The molecular formula is C14H21N3O. The fourth-order valence-electron chi connectivity index (χ4n) is 2.95. The summed E-state index contributed by atoms with van der Waals surface area (Å²) in [7, 11) is 2.21. The van der Waals surface area contributed by atoms with Crippen molar-refractivity contribution in [3.63, 3.8) is 0 Å². The normalized spacial score (nSPS) is 29.4. The zero-order valence-corrected chi connectivity index (χ0v) is 11.0. The fraction of sp³-hybridized carbons (Fsp3) is 0.643. The summed E-state index contributed by atoms with van der Waals surface area (Å²) >= 11 is 0. The van der Waals surface area contributed by atoms with Crippen molar-refractivity contribution in [3.05, 3.63) is 30.1 Å². The van der Waals surface area contributed by atoms with Crippen LogP contribution in [0.25, 0.3) is 0 Å². The zero-order chi connectivity index (χ0) is 12.4. The van der Waals surface area contributed by atoms with Gasteiger partial charge in [0.25, 0.3) is 0 Å². The summed E-state index contributed by atoms with van der Waals surface area (Å²) in [6.07, 6.45) is 5.26. The quantitative estimate of drug-likeness (QED) is 0.784. The topological polar surface area (TPSA) is 28.6 Å². The molecule has 0 unspecified atom stereocenters. The highest BCUT2D eigenvalue weighted by molar-refractivity contribution is 5.10. The molecule has 4 heteroatoms. The Bertz CT molecular complexity index is 384. The van der Waals surface area contributed by atoms with Crippen molar-refractivity contribution in [1.82, 2.24) is 14.8 Å². The lowest BCUT2D eigenvalue weighted by molar-refractivity contribution is -0.0369. The van der Waals surface area contributed by atoms with Crippen LogP contribution in [0.15, 0.2) is 24.5 Å². The molecule has 3 heterocycles. The molecule has 0 saturated carbocycles. The molecule has 2 saturated heterocycles. The summed E-state index contributed by atoms with van der Waals surface area (Å²) in [5.74, 6) is 0. The third-order valence-electron chi connectivity index (χ3n) is 4.12. The number of likely N-dealkylation sites (N-methyl/N-ethyl adjacent to an activating group) is 1. The Morgan fingerprint density at radius 3 is 2.94 bits per heavy atom. The van der Waals surface area contributed by atoms with Crippen molar-refractivity contribution in [2.45, 2.75) is 18.6 Å². The summed E-state index contributed by atoms with van der Waals surface area (Å²) in [5.41, 5.74) is 1.37. The Kier molecular flexibility index (Phi) is 3.59. The second kappa shape index (κ2) is 5.34. The number of aromatic nitrogens is 1. The first kappa shape index (κ1) is 12.1. The van der Waals surface area contributed by atoms with Crippen molar-refractivity contribution in [2.24, 2.45) is 0 Å². The van der Waals surface area contributed by atoms with E-state index in [9.17, 15) is 0 Å². The van der Waals surface area contributed by atoms with Gasteiger partial charge in [-0.1, -0.05) is 0 Å². The molecule has 0 aromatic carbocycles. The van der Waals surface area contributed by atoms with Crippen LogP contribution in [0.5, 0.6) is 0 Å². The Morgan fingerprint density at radius 2 is 2.17 bits per heavy atom. The molecular weight excluding hydrogens is 226 g/mol. The molecule has 0 radical (unpaired) electrons. The molecule has 0 N–H and O–H groups in total. The van der Waals surface area contributed by atoms with E-state index in [0.717, 1.165) is 39.2 Å². The predicted molar refractivity (Wildman–Crippen MR) is 70.5 cm³/mol. The van der Waals surface area contributed by atoms with Crippen LogP contribution in [-0.4, -0.2) is 66.8 Å². The number of hydrogen-bond acceptors (Lipinski definition) is 4. The van der Waals surface area contributed by atoms with Crippen LogP contribution < -0.4 is 0 Å². The summed E-state index contributed by atoms with van der Waals surface area (Å²) in [6, 6.07) is 4.80. The van der Waals surface area contributed by atoms with Gasteiger partial charge >= 0.3 is 0 Å². The average molecular weight is 247 g/mol.